The van der Waals surface area contributed by atoms with Gasteiger partial charge in [-0.1, -0.05) is 274 Å². The van der Waals surface area contributed by atoms with E-state index in [1.165, 1.54) is 180 Å². The molecular weight excluding hydrogens is 1010 g/mol. The van der Waals surface area contributed by atoms with E-state index in [0.717, 1.165) is 83.5 Å². The molecule has 1 aliphatic heterocycles. The van der Waals surface area contributed by atoms with Crippen molar-refractivity contribution < 1.29 is 49.3 Å². The molecule has 6 N–H and O–H groups in total. The topological polar surface area (TPSA) is 175 Å². The summed E-state index contributed by atoms with van der Waals surface area (Å²) in [6.45, 7) is 5.77. The number of esters is 1. The maximum Gasteiger partial charge on any atom is 0.306 e. The lowest BCUT2D eigenvalue weighted by Gasteiger charge is -2.41. The molecule has 0 saturated carbocycles. The highest BCUT2D eigenvalue weighted by atomic mass is 16.7. The number of rotatable bonds is 58. The smallest absolute Gasteiger partial charge is 0.306 e. The van der Waals surface area contributed by atoms with E-state index in [2.05, 4.69) is 74.7 Å². The lowest BCUT2D eigenvalue weighted by molar-refractivity contribution is -0.305. The van der Waals surface area contributed by atoms with Crippen LogP contribution in [0.1, 0.15) is 310 Å². The van der Waals surface area contributed by atoms with Crippen LogP contribution in [0.3, 0.4) is 0 Å². The summed E-state index contributed by atoms with van der Waals surface area (Å²) in [5, 5.41) is 57.2. The molecule has 8 atom stereocenters. The third-order valence-corrected chi connectivity index (χ3v) is 15.9. The minimum absolute atomic E-state index is 0.115. The predicted octanol–water partition coefficient (Wildman–Crippen LogP) is 17.0. The first-order chi connectivity index (χ1) is 39.7. The lowest BCUT2D eigenvalue weighted by atomic mass is 9.99. The summed E-state index contributed by atoms with van der Waals surface area (Å²) < 4.78 is 17.7. The zero-order chi connectivity index (χ0) is 58.9. The maximum atomic E-state index is 13.5. The van der Waals surface area contributed by atoms with Crippen LogP contribution >= 0.6 is 0 Å². The van der Waals surface area contributed by atoms with Crippen LogP contribution in [0.5, 0.6) is 0 Å². The molecule has 1 rings (SSSR count). The van der Waals surface area contributed by atoms with Gasteiger partial charge in [0, 0.05) is 6.42 Å². The molecule has 1 amide bonds. The van der Waals surface area contributed by atoms with Gasteiger partial charge >= 0.3 is 5.97 Å². The van der Waals surface area contributed by atoms with Gasteiger partial charge in [0.2, 0.25) is 5.91 Å². The third-order valence-electron chi connectivity index (χ3n) is 15.9. The van der Waals surface area contributed by atoms with Crippen molar-refractivity contribution in [3.63, 3.8) is 0 Å². The number of hydrogen-bond donors (Lipinski definition) is 6. The normalized spacial score (nSPS) is 19.0. The number of aliphatic hydroxyl groups is 5. The Morgan fingerprint density at radius 1 is 0.481 bits per heavy atom. The number of unbranched alkanes of at least 4 members (excludes halogenated alkanes) is 36. The van der Waals surface area contributed by atoms with E-state index >= 15 is 0 Å². The maximum absolute atomic E-state index is 13.5. The van der Waals surface area contributed by atoms with Crippen molar-refractivity contribution in [2.75, 3.05) is 13.2 Å². The first kappa shape index (κ1) is 76.4. The van der Waals surface area contributed by atoms with Gasteiger partial charge in [0.1, 0.15) is 24.4 Å². The van der Waals surface area contributed by atoms with Crippen LogP contribution in [0.15, 0.2) is 60.8 Å². The van der Waals surface area contributed by atoms with Crippen molar-refractivity contribution in [3.05, 3.63) is 60.8 Å². The van der Waals surface area contributed by atoms with Gasteiger partial charge < -0.3 is 45.1 Å². The number of carbonyl (C=O) groups is 2. The number of hydrogen-bond acceptors (Lipinski definition) is 10. The Morgan fingerprint density at radius 2 is 0.852 bits per heavy atom. The van der Waals surface area contributed by atoms with Crippen LogP contribution in [0.25, 0.3) is 0 Å². The van der Waals surface area contributed by atoms with E-state index in [9.17, 15) is 35.1 Å². The molecule has 1 aliphatic rings. The van der Waals surface area contributed by atoms with E-state index < -0.39 is 67.4 Å². The molecule has 11 nitrogen and oxygen atoms in total. The second-order valence-corrected chi connectivity index (χ2v) is 23.6. The molecule has 8 unspecified atom stereocenters. The van der Waals surface area contributed by atoms with E-state index in [1.54, 1.807) is 6.08 Å². The van der Waals surface area contributed by atoms with Gasteiger partial charge in [-0.05, 0) is 89.9 Å². The summed E-state index contributed by atoms with van der Waals surface area (Å²) in [4.78, 5) is 26.6. The summed E-state index contributed by atoms with van der Waals surface area (Å²) in [6.07, 6.45) is 62.5. The van der Waals surface area contributed by atoms with Crippen LogP contribution in [0.4, 0.5) is 0 Å². The molecule has 0 aromatic rings. The summed E-state index contributed by atoms with van der Waals surface area (Å²) in [6, 6.07) is -1.03. The number of carbonyl (C=O) groups excluding carboxylic acids is 2. The molecule has 1 heterocycles. The molecule has 11 heteroatoms. The molecule has 1 saturated heterocycles. The lowest BCUT2D eigenvalue weighted by Crippen LogP contribution is -2.61. The number of aliphatic hydroxyl groups excluding tert-OH is 5. The average molecular weight is 1140 g/mol. The zero-order valence-electron chi connectivity index (χ0n) is 52.4. The molecular formula is C70H127NO10. The predicted molar refractivity (Wildman–Crippen MR) is 338 cm³/mol. The fourth-order valence-corrected chi connectivity index (χ4v) is 10.5. The molecule has 0 radical (unpaired) electrons. The largest absolute Gasteiger partial charge is 0.454 e. The minimum atomic E-state index is -1.62. The van der Waals surface area contributed by atoms with Crippen LogP contribution in [-0.4, -0.2) is 99.6 Å². The highest BCUT2D eigenvalue weighted by molar-refractivity contribution is 5.80. The van der Waals surface area contributed by atoms with Gasteiger partial charge in [0.05, 0.1) is 25.4 Å². The van der Waals surface area contributed by atoms with Gasteiger partial charge in [0.15, 0.2) is 12.4 Å². The Hall–Kier alpha value is -2.64. The number of amides is 1. The van der Waals surface area contributed by atoms with Crippen molar-refractivity contribution in [1.29, 1.82) is 0 Å². The first-order valence-electron chi connectivity index (χ1n) is 34.1. The van der Waals surface area contributed by atoms with Crippen LogP contribution in [-0.2, 0) is 23.8 Å². The monoisotopic (exact) mass is 1140 g/mol. The quantitative estimate of drug-likeness (QED) is 0.0195. The Balaban J connectivity index is 2.63. The Kier molecular flexibility index (Phi) is 54.5. The molecule has 0 aliphatic carbocycles. The molecule has 0 bridgehead atoms. The number of nitrogens with one attached hydrogen (secondary N) is 1. The summed E-state index contributed by atoms with van der Waals surface area (Å²) in [5.74, 6) is -1.20. The van der Waals surface area contributed by atoms with Gasteiger partial charge in [-0.25, -0.2) is 0 Å². The third kappa shape index (κ3) is 45.4. The van der Waals surface area contributed by atoms with Gasteiger partial charge in [-0.3, -0.25) is 9.59 Å². The van der Waals surface area contributed by atoms with Crippen molar-refractivity contribution >= 4 is 11.9 Å². The second kappa shape index (κ2) is 57.8. The van der Waals surface area contributed by atoms with Crippen molar-refractivity contribution in [2.24, 2.45) is 0 Å². The molecule has 472 valence electrons. The zero-order valence-corrected chi connectivity index (χ0v) is 52.4. The van der Waals surface area contributed by atoms with E-state index in [1.807, 2.05) is 6.08 Å². The highest BCUT2D eigenvalue weighted by Crippen LogP contribution is 2.26. The SMILES string of the molecule is CCCCC/C=C\C/C=C\CCCCCCCCCCCCCCC(O)C(=O)NC(COC1OC(CO)C(O)C(O)C1OC(=O)CCCCCCCCC/C=C\C/C=C\CCCCC)C(O)/C=C/CCCCCCCCCCCCC. The van der Waals surface area contributed by atoms with Gasteiger partial charge in [0.25, 0.3) is 0 Å². The molecule has 0 aromatic carbocycles. The van der Waals surface area contributed by atoms with Crippen molar-refractivity contribution in [3.8, 4) is 0 Å². The molecule has 0 aromatic heterocycles. The van der Waals surface area contributed by atoms with E-state index in [-0.39, 0.29) is 19.4 Å². The Morgan fingerprint density at radius 3 is 1.28 bits per heavy atom. The van der Waals surface area contributed by atoms with E-state index in [0.29, 0.717) is 12.8 Å². The molecule has 1 fully saturated rings. The fraction of sp³-hybridized carbons (Fsp3) is 0.829. The second-order valence-electron chi connectivity index (χ2n) is 23.6. The van der Waals surface area contributed by atoms with E-state index in [4.69, 9.17) is 14.2 Å². The Bertz CT molecular complexity index is 1550. The Labute approximate surface area is 497 Å². The van der Waals surface area contributed by atoms with Crippen molar-refractivity contribution in [2.45, 2.75) is 359 Å². The highest BCUT2D eigenvalue weighted by Gasteiger charge is 2.47. The minimum Gasteiger partial charge on any atom is -0.454 e. The molecule has 0 spiro atoms. The van der Waals surface area contributed by atoms with Gasteiger partial charge in [-0.15, -0.1) is 0 Å². The van der Waals surface area contributed by atoms with Crippen molar-refractivity contribution in [1.82, 2.24) is 5.32 Å². The summed E-state index contributed by atoms with van der Waals surface area (Å²) in [5.41, 5.74) is 0. The molecule has 81 heavy (non-hydrogen) atoms. The summed E-state index contributed by atoms with van der Waals surface area (Å²) >= 11 is 0. The van der Waals surface area contributed by atoms with Crippen LogP contribution < -0.4 is 5.32 Å². The average Bonchev–Trinajstić information content (AvgIpc) is 3.49. The first-order valence-corrected chi connectivity index (χ1v) is 34.1. The number of allylic oxidation sites excluding steroid dienone is 9. The van der Waals surface area contributed by atoms with Gasteiger partial charge in [-0.2, -0.15) is 0 Å². The fourth-order valence-electron chi connectivity index (χ4n) is 10.5. The van der Waals surface area contributed by atoms with Crippen LogP contribution in [0.2, 0.25) is 0 Å². The number of ether oxygens (including phenoxy) is 3. The standard InChI is InChI=1S/C70H127NO10/c1-4-7-10-13-16-19-22-25-27-29-30-31-32-33-35-36-39-42-45-48-51-54-57-63(74)69(78)71-61(62(73)56-53-50-47-44-41-38-24-21-18-15-12-9-6-3)60-79-70-68(67(77)66(76)64(59-72)80-70)81-65(75)58-55-52-49-46-43-40-37-34-28-26-23-20-17-14-11-8-5-2/h16-17,19-20,25-28,53,56,61-64,66-68,70,72-74,76-77H,4-15,18,21-24,29-52,54-55,57-60H2,1-3H3,(H,71,78)/b19-16-,20-17-,27-25-,28-26-,56-53+. The summed E-state index contributed by atoms with van der Waals surface area (Å²) in [7, 11) is 0. The van der Waals surface area contributed by atoms with Crippen LogP contribution in [0, 0.1) is 0 Å².